The van der Waals surface area contributed by atoms with Gasteiger partial charge in [-0.05, 0) is 24.1 Å². The van der Waals surface area contributed by atoms with Crippen molar-refractivity contribution in [2.24, 2.45) is 4.99 Å². The van der Waals surface area contributed by atoms with E-state index in [0.717, 1.165) is 18.7 Å². The molecule has 10 heteroatoms. The molecule has 2 rings (SSSR count). The number of hydrogen-bond acceptors (Lipinski definition) is 3. The Morgan fingerprint density at radius 3 is 2.50 bits per heavy atom. The molecule has 2 N–H and O–H groups in total. The van der Waals surface area contributed by atoms with Crippen LogP contribution in [-0.2, 0) is 24.4 Å². The first kappa shape index (κ1) is 24.2. The van der Waals surface area contributed by atoms with Crippen LogP contribution in [0.1, 0.15) is 18.1 Å². The van der Waals surface area contributed by atoms with E-state index in [2.05, 4.69) is 25.5 Å². The maximum Gasteiger partial charge on any atom is 0.411 e. The Morgan fingerprint density at radius 1 is 1.18 bits per heavy atom. The largest absolute Gasteiger partial charge is 0.411 e. The number of aromatic nitrogens is 2. The quantitative estimate of drug-likeness (QED) is 0.308. The second-order valence-electron chi connectivity index (χ2n) is 5.82. The van der Waals surface area contributed by atoms with E-state index in [0.29, 0.717) is 24.6 Å². The Hall–Kier alpha value is -1.82. The van der Waals surface area contributed by atoms with Gasteiger partial charge < -0.3 is 15.4 Å². The smallest absolute Gasteiger partial charge is 0.367 e. The molecular formula is C18H25F3IN5O. The van der Waals surface area contributed by atoms with Crippen molar-refractivity contribution in [3.05, 3.63) is 53.9 Å². The molecule has 0 aliphatic carbocycles. The lowest BCUT2D eigenvalue weighted by Crippen LogP contribution is -2.38. The van der Waals surface area contributed by atoms with Crippen LogP contribution in [0.3, 0.4) is 0 Å². The second kappa shape index (κ2) is 12.6. The third-order valence-corrected chi connectivity index (χ3v) is 3.51. The molecule has 1 heterocycles. The van der Waals surface area contributed by atoms with Crippen molar-refractivity contribution in [1.82, 2.24) is 20.4 Å². The molecule has 0 saturated carbocycles. The number of nitrogens with zero attached hydrogens (tertiary/aromatic N) is 3. The molecule has 2 aromatic rings. The maximum absolute atomic E-state index is 12.1. The van der Waals surface area contributed by atoms with Crippen LogP contribution in [-0.4, -0.2) is 41.6 Å². The lowest BCUT2D eigenvalue weighted by Gasteiger charge is -2.11. The van der Waals surface area contributed by atoms with E-state index in [9.17, 15) is 13.2 Å². The van der Waals surface area contributed by atoms with Crippen molar-refractivity contribution in [3.63, 3.8) is 0 Å². The number of guanidine groups is 1. The molecule has 0 radical (unpaired) electrons. The van der Waals surface area contributed by atoms with Crippen LogP contribution in [0, 0.1) is 0 Å². The number of alkyl halides is 3. The third-order valence-electron chi connectivity index (χ3n) is 3.51. The highest BCUT2D eigenvalue weighted by molar-refractivity contribution is 14.0. The van der Waals surface area contributed by atoms with Crippen molar-refractivity contribution in [1.29, 1.82) is 0 Å². The van der Waals surface area contributed by atoms with Crippen LogP contribution < -0.4 is 10.6 Å². The van der Waals surface area contributed by atoms with Gasteiger partial charge in [-0.25, -0.2) is 4.99 Å². The molecule has 1 aromatic carbocycles. The van der Waals surface area contributed by atoms with Crippen LogP contribution in [0.2, 0.25) is 0 Å². The van der Waals surface area contributed by atoms with Crippen LogP contribution in [0.25, 0.3) is 0 Å². The Kier molecular flexibility index (Phi) is 10.9. The molecule has 0 aliphatic heterocycles. The number of aliphatic imine (C=N–C) groups is 1. The molecule has 0 spiro atoms. The van der Waals surface area contributed by atoms with Crippen molar-refractivity contribution >= 4 is 29.9 Å². The zero-order valence-corrected chi connectivity index (χ0v) is 17.9. The summed E-state index contributed by atoms with van der Waals surface area (Å²) in [7, 11) is 0. The highest BCUT2D eigenvalue weighted by Gasteiger charge is 2.27. The van der Waals surface area contributed by atoms with Gasteiger partial charge >= 0.3 is 6.18 Å². The summed E-state index contributed by atoms with van der Waals surface area (Å²) in [5, 5.41) is 10.5. The predicted molar refractivity (Wildman–Crippen MR) is 113 cm³/mol. The monoisotopic (exact) mass is 511 g/mol. The molecule has 0 aliphatic rings. The number of ether oxygens (including phenoxy) is 1. The summed E-state index contributed by atoms with van der Waals surface area (Å²) in [6, 6.07) is 9.04. The van der Waals surface area contributed by atoms with Gasteiger partial charge in [0, 0.05) is 25.5 Å². The number of rotatable bonds is 9. The summed E-state index contributed by atoms with van der Waals surface area (Å²) in [5.74, 6) is 0.697. The summed E-state index contributed by atoms with van der Waals surface area (Å²) in [6.07, 6.45) is -0.676. The SMILES string of the molecule is CCNC(=NCc1ccc(COCC(F)(F)F)cc1)NCCn1cccn1.I. The maximum atomic E-state index is 12.1. The van der Waals surface area contributed by atoms with Crippen LogP contribution in [0.15, 0.2) is 47.7 Å². The Morgan fingerprint density at radius 2 is 1.89 bits per heavy atom. The Bertz CT molecular complexity index is 690. The molecule has 0 saturated heterocycles. The standard InChI is InChI=1S/C18H24F3N5O.HI/c1-2-22-17(23-9-11-26-10-3-8-25-26)24-12-15-4-6-16(7-5-15)13-27-14-18(19,20)21;/h3-8,10H,2,9,11-14H2,1H3,(H2,22,23,24);1H. The van der Waals surface area contributed by atoms with Crippen molar-refractivity contribution < 1.29 is 17.9 Å². The highest BCUT2D eigenvalue weighted by atomic mass is 127. The van der Waals surface area contributed by atoms with Crippen LogP contribution >= 0.6 is 24.0 Å². The third kappa shape index (κ3) is 9.93. The van der Waals surface area contributed by atoms with Gasteiger partial charge in [0.05, 0.1) is 19.7 Å². The van der Waals surface area contributed by atoms with E-state index < -0.39 is 12.8 Å². The van der Waals surface area contributed by atoms with E-state index in [4.69, 9.17) is 0 Å². The topological polar surface area (TPSA) is 63.5 Å². The summed E-state index contributed by atoms with van der Waals surface area (Å²) in [4.78, 5) is 4.51. The molecule has 0 fully saturated rings. The van der Waals surface area contributed by atoms with Crippen molar-refractivity contribution in [2.75, 3.05) is 19.7 Å². The first-order valence-electron chi connectivity index (χ1n) is 8.68. The molecule has 0 bridgehead atoms. The summed E-state index contributed by atoms with van der Waals surface area (Å²) < 4.78 is 42.7. The normalized spacial score (nSPS) is 11.8. The first-order chi connectivity index (χ1) is 13.0. The Balaban J connectivity index is 0.00000392. The number of benzene rings is 1. The van der Waals surface area contributed by atoms with Crippen LogP contribution in [0.4, 0.5) is 13.2 Å². The van der Waals surface area contributed by atoms with E-state index in [1.807, 2.05) is 36.0 Å². The highest BCUT2D eigenvalue weighted by Crippen LogP contribution is 2.16. The zero-order valence-electron chi connectivity index (χ0n) is 15.6. The van der Waals surface area contributed by atoms with Gasteiger partial charge in [-0.15, -0.1) is 24.0 Å². The minimum atomic E-state index is -4.30. The molecule has 156 valence electrons. The van der Waals surface area contributed by atoms with E-state index >= 15 is 0 Å². The van der Waals surface area contributed by atoms with E-state index in [1.54, 1.807) is 18.3 Å². The molecule has 0 atom stereocenters. The summed E-state index contributed by atoms with van der Waals surface area (Å²) in [6.45, 7) is 3.29. The zero-order chi connectivity index (χ0) is 19.5. The van der Waals surface area contributed by atoms with Crippen molar-refractivity contribution in [3.8, 4) is 0 Å². The predicted octanol–water partition coefficient (Wildman–Crippen LogP) is 3.34. The second-order valence-corrected chi connectivity index (χ2v) is 5.82. The molecule has 28 heavy (non-hydrogen) atoms. The average molecular weight is 511 g/mol. The number of hydrogen-bond donors (Lipinski definition) is 2. The minimum Gasteiger partial charge on any atom is -0.367 e. The van der Waals surface area contributed by atoms with Gasteiger partial charge in [-0.2, -0.15) is 18.3 Å². The molecule has 6 nitrogen and oxygen atoms in total. The lowest BCUT2D eigenvalue weighted by atomic mass is 10.1. The number of nitrogens with one attached hydrogen (secondary N) is 2. The average Bonchev–Trinajstić information content (AvgIpc) is 3.13. The fourth-order valence-corrected chi connectivity index (χ4v) is 2.26. The van der Waals surface area contributed by atoms with Gasteiger partial charge in [0.2, 0.25) is 0 Å². The van der Waals surface area contributed by atoms with Gasteiger partial charge in [-0.3, -0.25) is 4.68 Å². The summed E-state index contributed by atoms with van der Waals surface area (Å²) >= 11 is 0. The minimum absolute atomic E-state index is 0. The van der Waals surface area contributed by atoms with E-state index in [-0.39, 0.29) is 30.6 Å². The van der Waals surface area contributed by atoms with Crippen LogP contribution in [0.5, 0.6) is 0 Å². The lowest BCUT2D eigenvalue weighted by molar-refractivity contribution is -0.176. The molecular weight excluding hydrogens is 486 g/mol. The van der Waals surface area contributed by atoms with Gasteiger partial charge in [-0.1, -0.05) is 24.3 Å². The number of halogens is 4. The summed E-state index contributed by atoms with van der Waals surface area (Å²) in [5.41, 5.74) is 1.65. The van der Waals surface area contributed by atoms with Gasteiger partial charge in [0.15, 0.2) is 5.96 Å². The van der Waals surface area contributed by atoms with Crippen molar-refractivity contribution in [2.45, 2.75) is 32.8 Å². The fourth-order valence-electron chi connectivity index (χ4n) is 2.26. The van der Waals surface area contributed by atoms with Gasteiger partial charge in [0.1, 0.15) is 6.61 Å². The molecule has 0 amide bonds. The van der Waals surface area contributed by atoms with Gasteiger partial charge in [0.25, 0.3) is 0 Å². The molecule has 0 unspecified atom stereocenters. The molecule has 1 aromatic heterocycles. The fraction of sp³-hybridized carbons (Fsp3) is 0.444. The Labute approximate surface area is 179 Å². The van der Waals surface area contributed by atoms with E-state index in [1.165, 1.54) is 0 Å². The first-order valence-corrected chi connectivity index (χ1v) is 8.68.